The number of rotatable bonds is 4. The van der Waals surface area contributed by atoms with Gasteiger partial charge in [0.2, 0.25) is 5.91 Å². The molecule has 0 saturated carbocycles. The molecule has 1 aromatic heterocycles. The van der Waals surface area contributed by atoms with Crippen molar-refractivity contribution in [3.63, 3.8) is 0 Å². The molecule has 0 unspecified atom stereocenters. The van der Waals surface area contributed by atoms with Gasteiger partial charge < -0.3 is 10.2 Å². The van der Waals surface area contributed by atoms with Crippen LogP contribution in [0.15, 0.2) is 36.5 Å². The number of pyridine rings is 1. The van der Waals surface area contributed by atoms with Gasteiger partial charge in [-0.3, -0.25) is 4.79 Å². The second-order valence-corrected chi connectivity index (χ2v) is 7.04. The number of halogens is 5. The summed E-state index contributed by atoms with van der Waals surface area (Å²) >= 11 is 5.99. The van der Waals surface area contributed by atoms with Gasteiger partial charge in [-0.05, 0) is 36.6 Å². The minimum atomic E-state index is -4.50. The van der Waals surface area contributed by atoms with Gasteiger partial charge in [-0.15, -0.1) is 0 Å². The molecule has 4 nitrogen and oxygen atoms in total. The normalized spacial score (nSPS) is 15.5. The third kappa shape index (κ3) is 4.92. The summed E-state index contributed by atoms with van der Waals surface area (Å²) in [6.45, 7) is 1.24. The second kappa shape index (κ2) is 8.34. The minimum absolute atomic E-state index is 0.0611. The Kier molecular flexibility index (Phi) is 6.07. The number of carbonyl (C=O) groups excluding carboxylic acids is 1. The quantitative estimate of drug-likeness (QED) is 0.752. The number of carbonyl (C=O) groups is 1. The zero-order valence-electron chi connectivity index (χ0n) is 14.8. The van der Waals surface area contributed by atoms with Crippen molar-refractivity contribution in [1.82, 2.24) is 10.3 Å². The molecule has 9 heteroatoms. The Morgan fingerprint density at radius 3 is 2.43 bits per heavy atom. The summed E-state index contributed by atoms with van der Waals surface area (Å²) in [4.78, 5) is 18.0. The topological polar surface area (TPSA) is 45.2 Å². The molecular formula is C19H18ClF4N3O. The van der Waals surface area contributed by atoms with Gasteiger partial charge in [0.05, 0.1) is 10.6 Å². The molecule has 0 aliphatic carbocycles. The van der Waals surface area contributed by atoms with E-state index in [1.165, 1.54) is 12.1 Å². The monoisotopic (exact) mass is 415 g/mol. The van der Waals surface area contributed by atoms with E-state index in [9.17, 15) is 22.4 Å². The summed E-state index contributed by atoms with van der Waals surface area (Å²) in [5, 5.41) is 2.77. The van der Waals surface area contributed by atoms with Crippen LogP contribution in [0.3, 0.4) is 0 Å². The fourth-order valence-electron chi connectivity index (χ4n) is 3.11. The molecule has 1 saturated heterocycles. The Hall–Kier alpha value is -2.35. The van der Waals surface area contributed by atoms with Gasteiger partial charge in [0, 0.05) is 31.7 Å². The fraction of sp³-hybridized carbons (Fsp3) is 0.368. The smallest absolute Gasteiger partial charge is 0.355 e. The van der Waals surface area contributed by atoms with Crippen LogP contribution in [0.2, 0.25) is 5.02 Å². The van der Waals surface area contributed by atoms with Gasteiger partial charge in [0.15, 0.2) is 0 Å². The highest BCUT2D eigenvalue weighted by Crippen LogP contribution is 2.34. The predicted octanol–water partition coefficient (Wildman–Crippen LogP) is 4.43. The maximum atomic E-state index is 12.9. The van der Waals surface area contributed by atoms with Crippen LogP contribution >= 0.6 is 11.6 Å². The number of piperidine rings is 1. The van der Waals surface area contributed by atoms with E-state index in [1.54, 1.807) is 17.0 Å². The lowest BCUT2D eigenvalue weighted by molar-refractivity contribution is -0.137. The summed E-state index contributed by atoms with van der Waals surface area (Å²) < 4.78 is 51.1. The molecule has 1 N–H and O–H groups in total. The zero-order valence-corrected chi connectivity index (χ0v) is 15.5. The number of alkyl halides is 3. The SMILES string of the molecule is O=C(NCc1ccc(F)cc1)C1CCN(c2ncc(C(F)(F)F)cc2Cl)CC1. The highest BCUT2D eigenvalue weighted by molar-refractivity contribution is 6.33. The molecule has 0 spiro atoms. The molecule has 1 aromatic carbocycles. The third-order valence-electron chi connectivity index (χ3n) is 4.69. The highest BCUT2D eigenvalue weighted by Gasteiger charge is 2.33. The molecule has 1 aliphatic heterocycles. The molecule has 1 aliphatic rings. The minimum Gasteiger partial charge on any atom is -0.355 e. The van der Waals surface area contributed by atoms with E-state index < -0.39 is 11.7 Å². The van der Waals surface area contributed by atoms with Crippen molar-refractivity contribution in [1.29, 1.82) is 0 Å². The van der Waals surface area contributed by atoms with Gasteiger partial charge in [-0.1, -0.05) is 23.7 Å². The lowest BCUT2D eigenvalue weighted by Crippen LogP contribution is -2.40. The number of nitrogens with zero attached hydrogens (tertiary/aromatic N) is 2. The van der Waals surface area contributed by atoms with Crippen molar-refractivity contribution in [3.8, 4) is 0 Å². The van der Waals surface area contributed by atoms with Crippen LogP contribution in [0, 0.1) is 11.7 Å². The van der Waals surface area contributed by atoms with Gasteiger partial charge in [-0.2, -0.15) is 13.2 Å². The van der Waals surface area contributed by atoms with Crippen LogP contribution in [0.25, 0.3) is 0 Å². The average molecular weight is 416 g/mol. The largest absolute Gasteiger partial charge is 0.417 e. The Bertz CT molecular complexity index is 834. The third-order valence-corrected chi connectivity index (χ3v) is 4.97. The molecular weight excluding hydrogens is 398 g/mol. The number of hydrogen-bond acceptors (Lipinski definition) is 3. The number of aromatic nitrogens is 1. The van der Waals surface area contributed by atoms with Crippen molar-refractivity contribution in [3.05, 3.63) is 58.5 Å². The van der Waals surface area contributed by atoms with Crippen LogP contribution in [-0.2, 0) is 17.5 Å². The van der Waals surface area contributed by atoms with Crippen molar-refractivity contribution in [2.45, 2.75) is 25.6 Å². The van der Waals surface area contributed by atoms with Crippen molar-refractivity contribution >= 4 is 23.3 Å². The average Bonchev–Trinajstić information content (AvgIpc) is 2.67. The van der Waals surface area contributed by atoms with Gasteiger partial charge in [0.25, 0.3) is 0 Å². The van der Waals surface area contributed by atoms with E-state index in [0.717, 1.165) is 17.8 Å². The van der Waals surface area contributed by atoms with Crippen LogP contribution in [0.5, 0.6) is 0 Å². The molecule has 0 bridgehead atoms. The molecule has 0 radical (unpaired) electrons. The highest BCUT2D eigenvalue weighted by atomic mass is 35.5. The van der Waals surface area contributed by atoms with Gasteiger partial charge in [-0.25, -0.2) is 9.37 Å². The Balaban J connectivity index is 1.54. The molecule has 150 valence electrons. The number of nitrogens with one attached hydrogen (secondary N) is 1. The summed E-state index contributed by atoms with van der Waals surface area (Å²) in [5.41, 5.74) is -0.0933. The van der Waals surface area contributed by atoms with Gasteiger partial charge in [0.1, 0.15) is 11.6 Å². The zero-order chi connectivity index (χ0) is 20.3. The summed E-state index contributed by atoms with van der Waals surface area (Å²) in [7, 11) is 0. The Morgan fingerprint density at radius 1 is 1.21 bits per heavy atom. The first-order chi connectivity index (χ1) is 13.2. The lowest BCUT2D eigenvalue weighted by Gasteiger charge is -2.32. The van der Waals surface area contributed by atoms with Crippen molar-refractivity contribution < 1.29 is 22.4 Å². The summed E-state index contributed by atoms with van der Waals surface area (Å²) in [6, 6.07) is 6.75. The van der Waals surface area contributed by atoms with E-state index in [4.69, 9.17) is 11.6 Å². The number of anilines is 1. The van der Waals surface area contributed by atoms with Crippen molar-refractivity contribution in [2.75, 3.05) is 18.0 Å². The molecule has 0 atom stereocenters. The van der Waals surface area contributed by atoms with Gasteiger partial charge >= 0.3 is 6.18 Å². The first-order valence-corrected chi connectivity index (χ1v) is 9.11. The molecule has 2 aromatic rings. The van der Waals surface area contributed by atoms with Crippen LogP contribution in [0.1, 0.15) is 24.0 Å². The molecule has 3 rings (SSSR count). The van der Waals surface area contributed by atoms with E-state index in [0.29, 0.717) is 38.3 Å². The number of benzene rings is 1. The number of amides is 1. The standard InChI is InChI=1S/C19H18ClF4N3O/c20-16-9-14(19(22,23)24)11-25-17(16)27-7-5-13(6-8-27)18(28)26-10-12-1-3-15(21)4-2-12/h1-4,9,11,13H,5-8,10H2,(H,26,28). The van der Waals surface area contributed by atoms with E-state index in [2.05, 4.69) is 10.3 Å². The van der Waals surface area contributed by atoms with E-state index in [-0.39, 0.29) is 22.7 Å². The second-order valence-electron chi connectivity index (χ2n) is 6.63. The van der Waals surface area contributed by atoms with Crippen LogP contribution < -0.4 is 10.2 Å². The first kappa shape index (κ1) is 20.4. The molecule has 2 heterocycles. The Morgan fingerprint density at radius 2 is 1.86 bits per heavy atom. The first-order valence-electron chi connectivity index (χ1n) is 8.74. The lowest BCUT2D eigenvalue weighted by atomic mass is 9.95. The maximum Gasteiger partial charge on any atom is 0.417 e. The summed E-state index contributed by atoms with van der Waals surface area (Å²) in [6.07, 6.45) is -2.66. The number of hydrogen-bond donors (Lipinski definition) is 1. The van der Waals surface area contributed by atoms with E-state index in [1.807, 2.05) is 0 Å². The molecule has 1 fully saturated rings. The van der Waals surface area contributed by atoms with E-state index >= 15 is 0 Å². The van der Waals surface area contributed by atoms with Crippen LogP contribution in [0.4, 0.5) is 23.4 Å². The van der Waals surface area contributed by atoms with Crippen LogP contribution in [-0.4, -0.2) is 24.0 Å². The van der Waals surface area contributed by atoms with Crippen molar-refractivity contribution in [2.24, 2.45) is 5.92 Å². The summed E-state index contributed by atoms with van der Waals surface area (Å²) in [5.74, 6) is -0.349. The maximum absolute atomic E-state index is 12.9. The Labute approximate surface area is 164 Å². The fourth-order valence-corrected chi connectivity index (χ4v) is 3.39. The molecule has 28 heavy (non-hydrogen) atoms. The molecule has 1 amide bonds. The predicted molar refractivity (Wildman–Crippen MR) is 97.4 cm³/mol.